The largest absolute Gasteiger partial charge is 0.468 e. The molecular weight excluding hydrogens is 242 g/mol. The number of aryl methyl sites for hydroxylation is 1. The van der Waals surface area contributed by atoms with Crippen molar-refractivity contribution in [2.24, 2.45) is 0 Å². The molecule has 0 saturated carbocycles. The fourth-order valence-electron chi connectivity index (χ4n) is 1.79. The Kier molecular flexibility index (Phi) is 2.98. The molecule has 0 unspecified atom stereocenters. The molecule has 17 heavy (non-hydrogen) atoms. The van der Waals surface area contributed by atoms with Gasteiger partial charge in [-0.1, -0.05) is 11.6 Å². The van der Waals surface area contributed by atoms with Crippen LogP contribution in [0.1, 0.15) is 12.5 Å². The van der Waals surface area contributed by atoms with Gasteiger partial charge in [0.25, 0.3) is 5.95 Å². The zero-order valence-corrected chi connectivity index (χ0v) is 10.5. The standard InChI is InChI=1S/C12H12ClNO3/c1-6-10-9(17-12(6)16-3)5-4-8(13)11(10)14-7(2)15/h4-5H,1-3H3,(H,14,15). The summed E-state index contributed by atoms with van der Waals surface area (Å²) in [5, 5.41) is 3.95. The van der Waals surface area contributed by atoms with Gasteiger partial charge in [0.2, 0.25) is 5.91 Å². The quantitative estimate of drug-likeness (QED) is 0.893. The van der Waals surface area contributed by atoms with Crippen LogP contribution in [-0.2, 0) is 4.79 Å². The highest BCUT2D eigenvalue weighted by Gasteiger charge is 2.17. The van der Waals surface area contributed by atoms with Crippen molar-refractivity contribution >= 4 is 34.2 Å². The SMILES string of the molecule is COc1oc2ccc(Cl)c(NC(C)=O)c2c1C. The molecule has 2 aromatic rings. The van der Waals surface area contributed by atoms with Gasteiger partial charge in [0.05, 0.1) is 23.2 Å². The molecule has 5 heteroatoms. The lowest BCUT2D eigenvalue weighted by molar-refractivity contribution is -0.114. The van der Waals surface area contributed by atoms with Crippen LogP contribution in [0.3, 0.4) is 0 Å². The van der Waals surface area contributed by atoms with Crippen LogP contribution >= 0.6 is 11.6 Å². The number of amides is 1. The maximum absolute atomic E-state index is 11.2. The zero-order valence-electron chi connectivity index (χ0n) is 9.76. The lowest BCUT2D eigenvalue weighted by atomic mass is 10.1. The molecule has 0 atom stereocenters. The fourth-order valence-corrected chi connectivity index (χ4v) is 1.99. The van der Waals surface area contributed by atoms with Crippen LogP contribution < -0.4 is 10.1 Å². The van der Waals surface area contributed by atoms with E-state index in [2.05, 4.69) is 5.32 Å². The molecule has 1 aromatic heterocycles. The van der Waals surface area contributed by atoms with E-state index in [0.717, 1.165) is 10.9 Å². The van der Waals surface area contributed by atoms with E-state index < -0.39 is 0 Å². The molecule has 0 aliphatic heterocycles. The molecule has 0 bridgehead atoms. The smallest absolute Gasteiger partial charge is 0.288 e. The maximum Gasteiger partial charge on any atom is 0.288 e. The number of ether oxygens (including phenoxy) is 1. The number of hydrogen-bond donors (Lipinski definition) is 1. The Hall–Kier alpha value is -1.68. The Morgan fingerprint density at radius 3 is 2.76 bits per heavy atom. The third kappa shape index (κ3) is 1.96. The van der Waals surface area contributed by atoms with E-state index >= 15 is 0 Å². The molecule has 4 nitrogen and oxygen atoms in total. The van der Waals surface area contributed by atoms with Gasteiger partial charge in [0.1, 0.15) is 5.58 Å². The van der Waals surface area contributed by atoms with E-state index in [9.17, 15) is 4.79 Å². The summed E-state index contributed by atoms with van der Waals surface area (Å²) in [7, 11) is 1.53. The fraction of sp³-hybridized carbons (Fsp3) is 0.250. The molecule has 1 heterocycles. The number of carbonyl (C=O) groups excluding carboxylic acids is 1. The summed E-state index contributed by atoms with van der Waals surface area (Å²) < 4.78 is 10.6. The normalized spacial score (nSPS) is 10.6. The highest BCUT2D eigenvalue weighted by atomic mass is 35.5. The maximum atomic E-state index is 11.2. The van der Waals surface area contributed by atoms with Crippen molar-refractivity contribution in [3.8, 4) is 5.95 Å². The van der Waals surface area contributed by atoms with E-state index in [0.29, 0.717) is 22.2 Å². The average Bonchev–Trinajstić information content (AvgIpc) is 2.59. The number of nitrogens with one attached hydrogen (secondary N) is 1. The summed E-state index contributed by atoms with van der Waals surface area (Å²) in [5.41, 5.74) is 2.00. The highest BCUT2D eigenvalue weighted by molar-refractivity contribution is 6.35. The van der Waals surface area contributed by atoms with Gasteiger partial charge in [-0.15, -0.1) is 0 Å². The van der Waals surface area contributed by atoms with Gasteiger partial charge in [0, 0.05) is 12.5 Å². The van der Waals surface area contributed by atoms with Crippen molar-refractivity contribution in [2.75, 3.05) is 12.4 Å². The summed E-state index contributed by atoms with van der Waals surface area (Å²) >= 11 is 6.07. The van der Waals surface area contributed by atoms with Crippen LogP contribution in [0, 0.1) is 6.92 Å². The molecule has 1 aromatic carbocycles. The second kappa shape index (κ2) is 4.30. The number of anilines is 1. The van der Waals surface area contributed by atoms with Crippen LogP contribution in [0.5, 0.6) is 5.95 Å². The van der Waals surface area contributed by atoms with Gasteiger partial charge in [-0.05, 0) is 19.1 Å². The summed E-state index contributed by atoms with van der Waals surface area (Å²) in [6.45, 7) is 3.29. The van der Waals surface area contributed by atoms with Crippen LogP contribution in [0.2, 0.25) is 5.02 Å². The van der Waals surface area contributed by atoms with Crippen molar-refractivity contribution in [1.29, 1.82) is 0 Å². The van der Waals surface area contributed by atoms with Crippen LogP contribution in [-0.4, -0.2) is 13.0 Å². The first-order valence-corrected chi connectivity index (χ1v) is 5.45. The number of furan rings is 1. The van der Waals surface area contributed by atoms with Crippen molar-refractivity contribution < 1.29 is 13.9 Å². The Morgan fingerprint density at radius 1 is 1.47 bits per heavy atom. The number of fused-ring (bicyclic) bond motifs is 1. The minimum Gasteiger partial charge on any atom is -0.468 e. The molecule has 0 aliphatic rings. The zero-order chi connectivity index (χ0) is 12.6. The second-order valence-electron chi connectivity index (χ2n) is 3.70. The van der Waals surface area contributed by atoms with Crippen LogP contribution in [0.15, 0.2) is 16.5 Å². The first-order valence-electron chi connectivity index (χ1n) is 5.07. The summed E-state index contributed by atoms with van der Waals surface area (Å²) in [6.07, 6.45) is 0. The van der Waals surface area contributed by atoms with Gasteiger partial charge < -0.3 is 14.5 Å². The topological polar surface area (TPSA) is 51.5 Å². The minimum atomic E-state index is -0.182. The third-order valence-electron chi connectivity index (χ3n) is 2.49. The number of carbonyl (C=O) groups is 1. The number of hydrogen-bond acceptors (Lipinski definition) is 3. The van der Waals surface area contributed by atoms with E-state index in [1.807, 2.05) is 6.92 Å². The van der Waals surface area contributed by atoms with Gasteiger partial charge in [-0.25, -0.2) is 0 Å². The second-order valence-corrected chi connectivity index (χ2v) is 4.10. The van der Waals surface area contributed by atoms with Crippen molar-refractivity contribution in [2.45, 2.75) is 13.8 Å². The molecule has 1 N–H and O–H groups in total. The van der Waals surface area contributed by atoms with Gasteiger partial charge >= 0.3 is 0 Å². The molecule has 1 amide bonds. The lowest BCUT2D eigenvalue weighted by Gasteiger charge is -2.06. The molecule has 0 spiro atoms. The number of benzene rings is 1. The number of rotatable bonds is 2. The van der Waals surface area contributed by atoms with E-state index in [4.69, 9.17) is 20.8 Å². The average molecular weight is 254 g/mol. The molecule has 90 valence electrons. The Labute approximate surface area is 103 Å². The number of halogens is 1. The van der Waals surface area contributed by atoms with Crippen molar-refractivity contribution in [3.05, 3.63) is 22.7 Å². The molecular formula is C12H12ClNO3. The molecule has 0 aliphatic carbocycles. The molecule has 0 fully saturated rings. The third-order valence-corrected chi connectivity index (χ3v) is 2.80. The van der Waals surface area contributed by atoms with Crippen molar-refractivity contribution in [3.63, 3.8) is 0 Å². The van der Waals surface area contributed by atoms with Gasteiger partial charge in [0.15, 0.2) is 0 Å². The first-order chi connectivity index (χ1) is 8.04. The Morgan fingerprint density at radius 2 is 2.18 bits per heavy atom. The summed E-state index contributed by atoms with van der Waals surface area (Å²) in [4.78, 5) is 11.2. The Balaban J connectivity index is 2.74. The molecule has 2 rings (SSSR count). The highest BCUT2D eigenvalue weighted by Crippen LogP contribution is 2.39. The predicted molar refractivity (Wildman–Crippen MR) is 66.8 cm³/mol. The summed E-state index contributed by atoms with van der Waals surface area (Å²) in [6, 6.07) is 3.43. The van der Waals surface area contributed by atoms with Gasteiger partial charge in [-0.3, -0.25) is 4.79 Å². The van der Waals surface area contributed by atoms with E-state index in [-0.39, 0.29) is 5.91 Å². The van der Waals surface area contributed by atoms with Gasteiger partial charge in [-0.2, -0.15) is 0 Å². The monoisotopic (exact) mass is 253 g/mol. The predicted octanol–water partition coefficient (Wildman–Crippen LogP) is 3.36. The van der Waals surface area contributed by atoms with E-state index in [1.54, 1.807) is 12.1 Å². The lowest BCUT2D eigenvalue weighted by Crippen LogP contribution is -2.06. The first kappa shape index (κ1) is 11.8. The molecule has 0 radical (unpaired) electrons. The Bertz CT molecular complexity index is 589. The summed E-state index contributed by atoms with van der Waals surface area (Å²) in [5.74, 6) is 0.243. The van der Waals surface area contributed by atoms with Crippen molar-refractivity contribution in [1.82, 2.24) is 0 Å². The van der Waals surface area contributed by atoms with Crippen LogP contribution in [0.25, 0.3) is 11.0 Å². The minimum absolute atomic E-state index is 0.182. The number of methoxy groups -OCH3 is 1. The van der Waals surface area contributed by atoms with Crippen LogP contribution in [0.4, 0.5) is 5.69 Å². The molecule has 0 saturated heterocycles. The van der Waals surface area contributed by atoms with E-state index in [1.165, 1.54) is 14.0 Å².